The van der Waals surface area contributed by atoms with Gasteiger partial charge in [0.1, 0.15) is 0 Å². The van der Waals surface area contributed by atoms with E-state index in [4.69, 9.17) is 0 Å². The molecule has 6 N–H and O–H groups in total. The van der Waals surface area contributed by atoms with E-state index in [9.17, 15) is 43.9 Å². The van der Waals surface area contributed by atoms with Gasteiger partial charge in [-0.15, -0.1) is 0 Å². The summed E-state index contributed by atoms with van der Waals surface area (Å²) in [5.74, 6) is -1.23. The zero-order valence-corrected chi connectivity index (χ0v) is 43.7. The number of nitrogens with zero attached hydrogens (tertiary/aromatic N) is 2. The lowest BCUT2D eigenvalue weighted by molar-refractivity contribution is 0.101. The van der Waals surface area contributed by atoms with Gasteiger partial charge in [-0.05, 0) is 181 Å². The first kappa shape index (κ1) is 51.8. The zero-order chi connectivity index (χ0) is 50.6. The number of sulfonamides is 2. The number of nitrogens with one attached hydrogen (secondary N) is 4. The Bertz CT molecular complexity index is 2960. The van der Waals surface area contributed by atoms with Gasteiger partial charge in [0.05, 0.1) is 32.4 Å². The summed E-state index contributed by atoms with van der Waals surface area (Å²) in [6.07, 6.45) is 6.47. The summed E-state index contributed by atoms with van der Waals surface area (Å²) in [4.78, 5) is 32.9. The number of carbonyl (C=O) groups is 2. The van der Waals surface area contributed by atoms with Crippen molar-refractivity contribution in [2.75, 3.05) is 46.6 Å². The van der Waals surface area contributed by atoms with E-state index in [2.05, 4.69) is 29.9 Å². The molecule has 4 aromatic carbocycles. The highest BCUT2D eigenvalue weighted by atomic mass is 32.2. The molecule has 3 atom stereocenters. The second-order valence-corrected chi connectivity index (χ2v) is 26.8. The van der Waals surface area contributed by atoms with Crippen LogP contribution in [0.15, 0.2) is 88.7 Å². The molecule has 4 fully saturated rings. The third-order valence-corrected chi connectivity index (χ3v) is 18.5. The molecule has 378 valence electrons. The Morgan fingerprint density at radius 2 is 1.11 bits per heavy atom. The van der Waals surface area contributed by atoms with Crippen molar-refractivity contribution in [3.8, 4) is 0 Å². The summed E-state index contributed by atoms with van der Waals surface area (Å²) in [5.41, 5.74) is 3.25. The summed E-state index contributed by atoms with van der Waals surface area (Å²) >= 11 is -4.33. The zero-order valence-electron chi connectivity index (χ0n) is 40.5. The second kappa shape index (κ2) is 19.5. The van der Waals surface area contributed by atoms with Gasteiger partial charge in [0.2, 0.25) is 20.0 Å². The number of rotatable bonds is 15. The highest BCUT2D eigenvalue weighted by molar-refractivity contribution is 7.89. The van der Waals surface area contributed by atoms with Crippen LogP contribution in [-0.2, 0) is 53.7 Å². The minimum absolute atomic E-state index is 0.00836. The Balaban J connectivity index is 1.07. The lowest BCUT2D eigenvalue weighted by Gasteiger charge is -2.36. The molecular formula is C50H64N6O10S4. The van der Waals surface area contributed by atoms with Gasteiger partial charge in [-0.2, -0.15) is 0 Å². The van der Waals surface area contributed by atoms with Gasteiger partial charge in [-0.3, -0.25) is 9.59 Å². The molecule has 2 spiro atoms. The normalized spacial score (nSPS) is 19.7. The molecule has 2 heterocycles. The predicted molar refractivity (Wildman–Crippen MR) is 275 cm³/mol. The molecule has 4 aromatic rings. The summed E-state index contributed by atoms with van der Waals surface area (Å²) < 4.78 is 103. The molecule has 2 amide bonds. The van der Waals surface area contributed by atoms with E-state index in [0.29, 0.717) is 70.7 Å². The molecule has 2 saturated heterocycles. The van der Waals surface area contributed by atoms with E-state index >= 15 is 0 Å². The van der Waals surface area contributed by atoms with Crippen molar-refractivity contribution >= 4 is 76.8 Å². The first-order valence-corrected chi connectivity index (χ1v) is 29.1. The third-order valence-electron chi connectivity index (χ3n) is 13.9. The van der Waals surface area contributed by atoms with Crippen LogP contribution in [0.5, 0.6) is 0 Å². The highest BCUT2D eigenvalue weighted by Gasteiger charge is 2.56. The van der Waals surface area contributed by atoms with E-state index in [1.54, 1.807) is 84.0 Å². The molecule has 2 aliphatic carbocycles. The Morgan fingerprint density at radius 1 is 0.629 bits per heavy atom. The Labute approximate surface area is 416 Å². The number of carbonyl (C=O) groups excluding carboxylic acids is 2. The molecule has 70 heavy (non-hydrogen) atoms. The topological polar surface area (TPSA) is 232 Å². The van der Waals surface area contributed by atoms with E-state index in [1.165, 1.54) is 37.1 Å². The summed E-state index contributed by atoms with van der Waals surface area (Å²) in [5, 5.41) is 5.83. The molecule has 16 nitrogen and oxygen atoms in total. The van der Waals surface area contributed by atoms with Crippen molar-refractivity contribution in [2.45, 2.75) is 125 Å². The largest absolute Gasteiger partial charge is 0.371 e. The molecule has 4 aliphatic rings. The fraction of sp³-hybridized carbons (Fsp3) is 0.480. The number of hydrogen-bond donors (Lipinski definition) is 6. The molecular weight excluding hydrogens is 973 g/mol. The number of amides is 2. The number of anilines is 4. The SMILES string of the molecule is CC(C)(C)NS(=O)(=O)c1cccc(NC(=O)c2cc(C3CC34CCN(c3cc(CS(=O)O)ccc3C(=O)Nc3cccc(S(=O)(=O)NC(C)(C)C)c3)CC4)c(CS(=O)O)cc2N2CCC3(CC2)CC3)c1. The average Bonchev–Trinajstić information content (AvgIpc) is 4.18. The minimum atomic E-state index is -3.90. The van der Waals surface area contributed by atoms with Crippen LogP contribution in [-0.4, -0.2) is 83.4 Å². The maximum atomic E-state index is 14.6. The van der Waals surface area contributed by atoms with Crippen LogP contribution >= 0.6 is 0 Å². The quantitative estimate of drug-likeness (QED) is 0.0624. The van der Waals surface area contributed by atoms with Crippen LogP contribution in [0.1, 0.15) is 130 Å². The predicted octanol–water partition coefficient (Wildman–Crippen LogP) is 7.94. The van der Waals surface area contributed by atoms with Gasteiger partial charge in [-0.1, -0.05) is 18.2 Å². The van der Waals surface area contributed by atoms with Gasteiger partial charge in [0.25, 0.3) is 11.8 Å². The Kier molecular flexibility index (Phi) is 14.4. The standard InChI is InChI=1S/C50H64N6O10S4/c1-47(2,3)53-69(63,64)37-11-7-9-35(27-37)51-45(57)39-14-13-33(31-67(59)60)25-43(39)56-23-19-50(20-24-56)30-42(50)40-29-41(44(26-34(40)32-68(61)62)55-21-17-49(15-16-49)18-22-55)46(58)52-36-10-8-12-38(28-36)70(65,66)54-48(4,5)6/h7-14,25-29,42,53-54H,15-24,30-32H2,1-6H3,(H,51,57)(H,52,58)(H,59,60)(H,61,62). The van der Waals surface area contributed by atoms with Crippen molar-refractivity contribution in [3.05, 3.63) is 107 Å². The lowest BCUT2D eigenvalue weighted by atomic mass is 9.86. The Hall–Kier alpha value is -4.54. The van der Waals surface area contributed by atoms with Crippen LogP contribution in [0.3, 0.4) is 0 Å². The molecule has 3 unspecified atom stereocenters. The fourth-order valence-electron chi connectivity index (χ4n) is 10.2. The molecule has 0 bridgehead atoms. The Morgan fingerprint density at radius 3 is 1.60 bits per heavy atom. The highest BCUT2D eigenvalue weighted by Crippen LogP contribution is 2.66. The first-order valence-electron chi connectivity index (χ1n) is 23.6. The third kappa shape index (κ3) is 12.2. The number of benzene rings is 4. The van der Waals surface area contributed by atoms with E-state index in [1.807, 2.05) is 12.1 Å². The van der Waals surface area contributed by atoms with Gasteiger partial charge in [-0.25, -0.2) is 34.7 Å². The van der Waals surface area contributed by atoms with Crippen molar-refractivity contribution in [1.29, 1.82) is 0 Å². The summed E-state index contributed by atoms with van der Waals surface area (Å²) in [6, 6.07) is 20.9. The second-order valence-electron chi connectivity index (χ2n) is 21.6. The van der Waals surface area contributed by atoms with E-state index < -0.39 is 65.1 Å². The fourth-order valence-corrected chi connectivity index (χ4v) is 14.1. The van der Waals surface area contributed by atoms with Gasteiger partial charge in [0.15, 0.2) is 22.2 Å². The average molecular weight is 1040 g/mol. The molecule has 8 rings (SSSR count). The number of hydrogen-bond acceptors (Lipinski definition) is 10. The number of piperidine rings is 2. The monoisotopic (exact) mass is 1040 g/mol. The molecule has 20 heteroatoms. The van der Waals surface area contributed by atoms with Gasteiger partial charge in [0, 0.05) is 60.0 Å². The van der Waals surface area contributed by atoms with Crippen molar-refractivity contribution in [2.24, 2.45) is 10.8 Å². The van der Waals surface area contributed by atoms with Crippen LogP contribution in [0.4, 0.5) is 22.7 Å². The lowest BCUT2D eigenvalue weighted by Crippen LogP contribution is -2.40. The van der Waals surface area contributed by atoms with Crippen molar-refractivity contribution in [3.63, 3.8) is 0 Å². The van der Waals surface area contributed by atoms with E-state index in [-0.39, 0.29) is 38.3 Å². The maximum absolute atomic E-state index is 14.6. The van der Waals surface area contributed by atoms with Crippen LogP contribution in [0.25, 0.3) is 0 Å². The summed E-state index contributed by atoms with van der Waals surface area (Å²) in [7, 11) is -7.80. The molecule has 2 aliphatic heterocycles. The van der Waals surface area contributed by atoms with Crippen LogP contribution in [0.2, 0.25) is 0 Å². The first-order chi connectivity index (χ1) is 32.7. The van der Waals surface area contributed by atoms with Crippen molar-refractivity contribution < 1.29 is 43.9 Å². The van der Waals surface area contributed by atoms with Crippen LogP contribution in [0, 0.1) is 10.8 Å². The maximum Gasteiger partial charge on any atom is 0.257 e. The minimum Gasteiger partial charge on any atom is -0.371 e. The molecule has 2 saturated carbocycles. The van der Waals surface area contributed by atoms with E-state index in [0.717, 1.165) is 37.9 Å². The summed E-state index contributed by atoms with van der Waals surface area (Å²) in [6.45, 7) is 12.9. The van der Waals surface area contributed by atoms with Crippen molar-refractivity contribution in [1.82, 2.24) is 9.44 Å². The van der Waals surface area contributed by atoms with Gasteiger partial charge >= 0.3 is 0 Å². The van der Waals surface area contributed by atoms with Crippen LogP contribution < -0.4 is 29.9 Å². The van der Waals surface area contributed by atoms with Gasteiger partial charge < -0.3 is 29.5 Å². The molecule has 0 radical (unpaired) electrons. The molecule has 0 aromatic heterocycles. The smallest absolute Gasteiger partial charge is 0.257 e.